The summed E-state index contributed by atoms with van der Waals surface area (Å²) in [6.07, 6.45) is 4.59. The van der Waals surface area contributed by atoms with Crippen LogP contribution in [-0.4, -0.2) is 4.57 Å². The van der Waals surface area contributed by atoms with Gasteiger partial charge in [-0.3, -0.25) is 0 Å². The molecule has 1 saturated carbocycles. The SMILES string of the molecule is Fc1ccc2c(ccn2C2CC2)c1. The van der Waals surface area contributed by atoms with Crippen LogP contribution in [0.2, 0.25) is 0 Å². The second kappa shape index (κ2) is 2.34. The molecule has 0 saturated heterocycles. The summed E-state index contributed by atoms with van der Waals surface area (Å²) < 4.78 is 15.1. The average Bonchev–Trinajstić information content (AvgIpc) is 2.87. The Morgan fingerprint density at radius 1 is 1.23 bits per heavy atom. The first-order chi connectivity index (χ1) is 6.34. The molecule has 1 aromatic carbocycles. The second-order valence-electron chi connectivity index (χ2n) is 3.66. The predicted octanol–water partition coefficient (Wildman–Crippen LogP) is 3.12. The Labute approximate surface area is 75.8 Å². The summed E-state index contributed by atoms with van der Waals surface area (Å²) in [5, 5.41) is 1.01. The first-order valence-corrected chi connectivity index (χ1v) is 4.61. The van der Waals surface area contributed by atoms with Gasteiger partial charge >= 0.3 is 0 Å². The van der Waals surface area contributed by atoms with Gasteiger partial charge in [-0.05, 0) is 37.1 Å². The van der Waals surface area contributed by atoms with Crippen molar-refractivity contribution in [2.24, 2.45) is 0 Å². The molecular formula is C11H10FN. The molecule has 0 N–H and O–H groups in total. The summed E-state index contributed by atoms with van der Waals surface area (Å²) in [6, 6.07) is 7.64. The molecule has 1 nitrogen and oxygen atoms in total. The Kier molecular flexibility index (Phi) is 1.29. The molecule has 1 aliphatic carbocycles. The molecular weight excluding hydrogens is 165 g/mol. The Bertz CT molecular complexity index is 454. The van der Waals surface area contributed by atoms with E-state index in [1.807, 2.05) is 12.1 Å². The molecule has 2 aromatic rings. The van der Waals surface area contributed by atoms with Gasteiger partial charge < -0.3 is 4.57 Å². The van der Waals surface area contributed by atoms with E-state index in [9.17, 15) is 4.39 Å². The van der Waals surface area contributed by atoms with Crippen LogP contribution in [0.25, 0.3) is 10.9 Å². The number of hydrogen-bond acceptors (Lipinski definition) is 0. The lowest BCUT2D eigenvalue weighted by Crippen LogP contribution is -1.89. The van der Waals surface area contributed by atoms with Gasteiger partial charge in [0.2, 0.25) is 0 Å². The van der Waals surface area contributed by atoms with Gasteiger partial charge in [-0.2, -0.15) is 0 Å². The largest absolute Gasteiger partial charge is 0.344 e. The zero-order valence-electron chi connectivity index (χ0n) is 7.20. The molecule has 0 bridgehead atoms. The van der Waals surface area contributed by atoms with Crippen LogP contribution in [0, 0.1) is 5.82 Å². The lowest BCUT2D eigenvalue weighted by molar-refractivity contribution is 0.629. The number of aromatic nitrogens is 1. The van der Waals surface area contributed by atoms with Crippen molar-refractivity contribution in [1.29, 1.82) is 0 Å². The van der Waals surface area contributed by atoms with Gasteiger partial charge in [0, 0.05) is 23.1 Å². The molecule has 0 aliphatic heterocycles. The van der Waals surface area contributed by atoms with Crippen molar-refractivity contribution in [3.05, 3.63) is 36.3 Å². The quantitative estimate of drug-likeness (QED) is 0.627. The highest BCUT2D eigenvalue weighted by molar-refractivity contribution is 5.80. The number of benzene rings is 1. The van der Waals surface area contributed by atoms with Crippen LogP contribution in [0.15, 0.2) is 30.5 Å². The van der Waals surface area contributed by atoms with Gasteiger partial charge in [-0.15, -0.1) is 0 Å². The third-order valence-corrected chi connectivity index (χ3v) is 2.62. The third-order valence-electron chi connectivity index (χ3n) is 2.62. The molecule has 0 atom stereocenters. The van der Waals surface area contributed by atoms with Crippen LogP contribution >= 0.6 is 0 Å². The number of fused-ring (bicyclic) bond motifs is 1. The van der Waals surface area contributed by atoms with E-state index in [0.29, 0.717) is 6.04 Å². The van der Waals surface area contributed by atoms with E-state index in [-0.39, 0.29) is 5.82 Å². The summed E-state index contributed by atoms with van der Waals surface area (Å²) in [6.45, 7) is 0. The fraction of sp³-hybridized carbons (Fsp3) is 0.273. The van der Waals surface area contributed by atoms with Crippen molar-refractivity contribution in [2.45, 2.75) is 18.9 Å². The maximum atomic E-state index is 12.9. The highest BCUT2D eigenvalue weighted by atomic mass is 19.1. The number of nitrogens with zero attached hydrogens (tertiary/aromatic N) is 1. The van der Waals surface area contributed by atoms with Gasteiger partial charge in [-0.1, -0.05) is 0 Å². The fourth-order valence-corrected chi connectivity index (χ4v) is 1.81. The Morgan fingerprint density at radius 2 is 2.08 bits per heavy atom. The molecule has 0 amide bonds. The van der Waals surface area contributed by atoms with Crippen molar-refractivity contribution >= 4 is 10.9 Å². The van der Waals surface area contributed by atoms with Crippen LogP contribution in [0.3, 0.4) is 0 Å². The van der Waals surface area contributed by atoms with Gasteiger partial charge in [0.25, 0.3) is 0 Å². The van der Waals surface area contributed by atoms with Crippen molar-refractivity contribution in [3.8, 4) is 0 Å². The molecule has 1 aliphatic rings. The number of rotatable bonds is 1. The maximum absolute atomic E-state index is 12.9. The van der Waals surface area contributed by atoms with E-state index in [1.54, 1.807) is 6.07 Å². The van der Waals surface area contributed by atoms with Crippen molar-refractivity contribution in [2.75, 3.05) is 0 Å². The molecule has 0 unspecified atom stereocenters. The lowest BCUT2D eigenvalue weighted by Gasteiger charge is -2.01. The van der Waals surface area contributed by atoms with Crippen LogP contribution in [0.4, 0.5) is 4.39 Å². The maximum Gasteiger partial charge on any atom is 0.123 e. The number of hydrogen-bond donors (Lipinski definition) is 0. The molecule has 1 aromatic heterocycles. The van der Waals surface area contributed by atoms with E-state index in [1.165, 1.54) is 18.9 Å². The van der Waals surface area contributed by atoms with Crippen LogP contribution < -0.4 is 0 Å². The summed E-state index contributed by atoms with van der Waals surface area (Å²) in [4.78, 5) is 0. The normalized spacial score (nSPS) is 16.7. The molecule has 1 heterocycles. The zero-order chi connectivity index (χ0) is 8.84. The van der Waals surface area contributed by atoms with Gasteiger partial charge in [0.15, 0.2) is 0 Å². The summed E-state index contributed by atoms with van der Waals surface area (Å²) in [5.74, 6) is -0.152. The Hall–Kier alpha value is -1.31. The molecule has 3 rings (SSSR count). The second-order valence-corrected chi connectivity index (χ2v) is 3.66. The highest BCUT2D eigenvalue weighted by Gasteiger charge is 2.24. The fourth-order valence-electron chi connectivity index (χ4n) is 1.81. The summed E-state index contributed by atoms with van der Waals surface area (Å²) in [5.41, 5.74) is 1.16. The molecule has 2 heteroatoms. The van der Waals surface area contributed by atoms with Crippen LogP contribution in [0.1, 0.15) is 18.9 Å². The van der Waals surface area contributed by atoms with E-state index in [2.05, 4.69) is 10.8 Å². The molecule has 1 fully saturated rings. The molecule has 13 heavy (non-hydrogen) atoms. The zero-order valence-corrected chi connectivity index (χ0v) is 7.20. The molecule has 0 radical (unpaired) electrons. The minimum atomic E-state index is -0.152. The standard InChI is InChI=1S/C11H10FN/c12-9-1-4-11-8(7-9)5-6-13(11)10-2-3-10/h1,4-7,10H,2-3H2. The van der Waals surface area contributed by atoms with E-state index < -0.39 is 0 Å². The van der Waals surface area contributed by atoms with E-state index in [0.717, 1.165) is 10.9 Å². The van der Waals surface area contributed by atoms with Gasteiger partial charge in [0.1, 0.15) is 5.82 Å². The lowest BCUT2D eigenvalue weighted by atomic mass is 10.2. The minimum absolute atomic E-state index is 0.152. The third kappa shape index (κ3) is 1.05. The molecule has 66 valence electrons. The average molecular weight is 175 g/mol. The highest BCUT2D eigenvalue weighted by Crippen LogP contribution is 2.37. The first kappa shape index (κ1) is 7.13. The minimum Gasteiger partial charge on any atom is -0.344 e. The summed E-state index contributed by atoms with van der Waals surface area (Å²) >= 11 is 0. The van der Waals surface area contributed by atoms with E-state index >= 15 is 0 Å². The summed E-state index contributed by atoms with van der Waals surface area (Å²) in [7, 11) is 0. The number of halogens is 1. The van der Waals surface area contributed by atoms with Crippen molar-refractivity contribution in [3.63, 3.8) is 0 Å². The van der Waals surface area contributed by atoms with Gasteiger partial charge in [-0.25, -0.2) is 4.39 Å². The van der Waals surface area contributed by atoms with Crippen molar-refractivity contribution < 1.29 is 4.39 Å². The molecule has 0 spiro atoms. The topological polar surface area (TPSA) is 4.93 Å². The van der Waals surface area contributed by atoms with Crippen LogP contribution in [-0.2, 0) is 0 Å². The van der Waals surface area contributed by atoms with Crippen LogP contribution in [0.5, 0.6) is 0 Å². The monoisotopic (exact) mass is 175 g/mol. The smallest absolute Gasteiger partial charge is 0.123 e. The first-order valence-electron chi connectivity index (χ1n) is 4.61. The Balaban J connectivity index is 2.26. The van der Waals surface area contributed by atoms with Gasteiger partial charge in [0.05, 0.1) is 0 Å². The van der Waals surface area contributed by atoms with Crippen molar-refractivity contribution in [1.82, 2.24) is 4.57 Å². The Morgan fingerprint density at radius 3 is 2.85 bits per heavy atom. The predicted molar refractivity (Wildman–Crippen MR) is 50.2 cm³/mol. The van der Waals surface area contributed by atoms with E-state index in [4.69, 9.17) is 0 Å².